The highest BCUT2D eigenvalue weighted by atomic mass is 35.5. The Balaban J connectivity index is 0.00000180. The Kier molecular flexibility index (Phi) is 7.16. The molecule has 0 bridgehead atoms. The third kappa shape index (κ3) is 5.78. The summed E-state index contributed by atoms with van der Waals surface area (Å²) in [6.45, 7) is 1.86. The maximum atomic E-state index is 11.6. The Labute approximate surface area is 124 Å². The Morgan fingerprint density at radius 1 is 1.37 bits per heavy atom. The normalized spacial score (nSPS) is 17.8. The molecule has 1 unspecified atom stereocenters. The second-order valence-electron chi connectivity index (χ2n) is 4.32. The zero-order valence-electron chi connectivity index (χ0n) is 10.5. The van der Waals surface area contributed by atoms with Gasteiger partial charge in [-0.05, 0) is 37.1 Å². The molecule has 106 valence electrons. The Morgan fingerprint density at radius 2 is 2.11 bits per heavy atom. The van der Waals surface area contributed by atoms with E-state index in [-0.39, 0.29) is 24.4 Å². The molecule has 1 fully saturated rings. The number of anilines is 1. The zero-order valence-corrected chi connectivity index (χ0v) is 12.1. The van der Waals surface area contributed by atoms with E-state index in [0.717, 1.165) is 31.7 Å². The van der Waals surface area contributed by atoms with Crippen molar-refractivity contribution < 1.29 is 9.53 Å². The molecular formula is C13H18Cl2N2O2. The maximum Gasteiger partial charge on any atom is 0.238 e. The first kappa shape index (κ1) is 16.2. The van der Waals surface area contributed by atoms with Crippen molar-refractivity contribution in [3.05, 3.63) is 29.3 Å². The minimum Gasteiger partial charge on any atom is -0.377 e. The smallest absolute Gasteiger partial charge is 0.238 e. The fourth-order valence-electron chi connectivity index (χ4n) is 1.89. The summed E-state index contributed by atoms with van der Waals surface area (Å²) in [6.07, 6.45) is 2.45. The van der Waals surface area contributed by atoms with Crippen molar-refractivity contribution in [3.8, 4) is 0 Å². The third-order valence-electron chi connectivity index (χ3n) is 2.81. The first-order valence-corrected chi connectivity index (χ1v) is 6.49. The summed E-state index contributed by atoms with van der Waals surface area (Å²) in [5.74, 6) is -0.0599. The van der Waals surface area contributed by atoms with E-state index in [4.69, 9.17) is 16.3 Å². The Bertz CT molecular complexity index is 392. The largest absolute Gasteiger partial charge is 0.377 e. The average Bonchev–Trinajstić information content (AvgIpc) is 2.85. The van der Waals surface area contributed by atoms with Gasteiger partial charge in [0.15, 0.2) is 0 Å². The number of ether oxygens (including phenoxy) is 1. The average molecular weight is 305 g/mol. The molecule has 0 radical (unpaired) electrons. The number of rotatable bonds is 5. The molecule has 1 aromatic rings. The molecule has 0 aliphatic carbocycles. The summed E-state index contributed by atoms with van der Waals surface area (Å²) < 4.78 is 5.46. The summed E-state index contributed by atoms with van der Waals surface area (Å²) in [5, 5.41) is 6.55. The highest BCUT2D eigenvalue weighted by molar-refractivity contribution is 6.30. The van der Waals surface area contributed by atoms with Crippen LogP contribution in [0.15, 0.2) is 24.3 Å². The van der Waals surface area contributed by atoms with Crippen LogP contribution in [0.5, 0.6) is 0 Å². The van der Waals surface area contributed by atoms with Crippen molar-refractivity contribution in [2.75, 3.05) is 25.0 Å². The molecule has 2 N–H and O–H groups in total. The predicted molar refractivity (Wildman–Crippen MR) is 79.2 cm³/mol. The lowest BCUT2D eigenvalue weighted by Gasteiger charge is -2.10. The second kappa shape index (κ2) is 8.38. The van der Waals surface area contributed by atoms with Gasteiger partial charge in [-0.25, -0.2) is 0 Å². The van der Waals surface area contributed by atoms with Gasteiger partial charge >= 0.3 is 0 Å². The zero-order chi connectivity index (χ0) is 12.8. The van der Waals surface area contributed by atoms with Crippen LogP contribution in [0.4, 0.5) is 5.69 Å². The summed E-state index contributed by atoms with van der Waals surface area (Å²) in [4.78, 5) is 11.6. The number of nitrogens with one attached hydrogen (secondary N) is 2. The van der Waals surface area contributed by atoms with E-state index < -0.39 is 0 Å². The van der Waals surface area contributed by atoms with Gasteiger partial charge in [0.25, 0.3) is 0 Å². The van der Waals surface area contributed by atoms with Crippen LogP contribution in [0.1, 0.15) is 12.8 Å². The number of halogens is 2. The minimum atomic E-state index is -0.0599. The van der Waals surface area contributed by atoms with E-state index in [1.54, 1.807) is 24.3 Å². The van der Waals surface area contributed by atoms with Gasteiger partial charge < -0.3 is 15.4 Å². The molecule has 19 heavy (non-hydrogen) atoms. The van der Waals surface area contributed by atoms with Crippen LogP contribution in [0, 0.1) is 0 Å². The molecule has 1 aromatic carbocycles. The van der Waals surface area contributed by atoms with Crippen molar-refractivity contribution in [2.24, 2.45) is 0 Å². The summed E-state index contributed by atoms with van der Waals surface area (Å²) >= 11 is 5.77. The van der Waals surface area contributed by atoms with Crippen LogP contribution < -0.4 is 10.6 Å². The van der Waals surface area contributed by atoms with Gasteiger partial charge in [-0.15, -0.1) is 12.4 Å². The molecule has 4 nitrogen and oxygen atoms in total. The maximum absolute atomic E-state index is 11.6. The number of amides is 1. The second-order valence-corrected chi connectivity index (χ2v) is 4.76. The van der Waals surface area contributed by atoms with Crippen LogP contribution in [0.25, 0.3) is 0 Å². The van der Waals surface area contributed by atoms with E-state index in [1.165, 1.54) is 0 Å². The fourth-order valence-corrected chi connectivity index (χ4v) is 2.02. The number of benzene rings is 1. The van der Waals surface area contributed by atoms with E-state index in [2.05, 4.69) is 10.6 Å². The number of carbonyl (C=O) groups excluding carboxylic acids is 1. The molecule has 1 aliphatic heterocycles. The number of hydrogen-bond donors (Lipinski definition) is 2. The molecule has 0 spiro atoms. The molecule has 0 aromatic heterocycles. The summed E-state index contributed by atoms with van der Waals surface area (Å²) in [5.41, 5.74) is 0.753. The predicted octanol–water partition coefficient (Wildman–Crippen LogP) is 2.47. The SMILES string of the molecule is Cl.O=C(CNCC1CCCO1)Nc1ccc(Cl)cc1. The van der Waals surface area contributed by atoms with Gasteiger partial charge in [-0.1, -0.05) is 11.6 Å². The lowest BCUT2D eigenvalue weighted by Crippen LogP contribution is -2.33. The Hall–Kier alpha value is -0.810. The molecule has 1 saturated heterocycles. The monoisotopic (exact) mass is 304 g/mol. The van der Waals surface area contributed by atoms with Crippen molar-refractivity contribution in [1.29, 1.82) is 0 Å². The van der Waals surface area contributed by atoms with Crippen LogP contribution in [-0.4, -0.2) is 31.7 Å². The van der Waals surface area contributed by atoms with Crippen LogP contribution in [0.3, 0.4) is 0 Å². The number of carbonyl (C=O) groups is 1. The summed E-state index contributed by atoms with van der Waals surface area (Å²) in [6, 6.07) is 7.05. The van der Waals surface area contributed by atoms with E-state index in [1.807, 2.05) is 0 Å². The van der Waals surface area contributed by atoms with Gasteiger partial charge in [0, 0.05) is 23.9 Å². The van der Waals surface area contributed by atoms with Gasteiger partial charge in [-0.2, -0.15) is 0 Å². The highest BCUT2D eigenvalue weighted by Crippen LogP contribution is 2.13. The molecule has 6 heteroatoms. The lowest BCUT2D eigenvalue weighted by molar-refractivity contribution is -0.115. The highest BCUT2D eigenvalue weighted by Gasteiger charge is 2.14. The number of hydrogen-bond acceptors (Lipinski definition) is 3. The van der Waals surface area contributed by atoms with Gasteiger partial charge in [-0.3, -0.25) is 4.79 Å². The minimum absolute atomic E-state index is 0. The van der Waals surface area contributed by atoms with Crippen molar-refractivity contribution >= 4 is 35.6 Å². The first-order valence-electron chi connectivity index (χ1n) is 6.12. The van der Waals surface area contributed by atoms with Gasteiger partial charge in [0.1, 0.15) is 0 Å². The molecule has 1 aliphatic rings. The van der Waals surface area contributed by atoms with Crippen LogP contribution >= 0.6 is 24.0 Å². The van der Waals surface area contributed by atoms with Crippen molar-refractivity contribution in [3.63, 3.8) is 0 Å². The van der Waals surface area contributed by atoms with E-state index in [0.29, 0.717) is 11.6 Å². The molecule has 1 atom stereocenters. The standard InChI is InChI=1S/C13H17ClN2O2.ClH/c14-10-3-5-11(6-4-10)16-13(17)9-15-8-12-2-1-7-18-12;/h3-6,12,15H,1-2,7-9H2,(H,16,17);1H. The van der Waals surface area contributed by atoms with Crippen molar-refractivity contribution in [2.45, 2.75) is 18.9 Å². The third-order valence-corrected chi connectivity index (χ3v) is 3.06. The van der Waals surface area contributed by atoms with Crippen molar-refractivity contribution in [1.82, 2.24) is 5.32 Å². The van der Waals surface area contributed by atoms with Gasteiger partial charge in [0.2, 0.25) is 5.91 Å². The molecular weight excluding hydrogens is 287 g/mol. The van der Waals surface area contributed by atoms with Crippen LogP contribution in [-0.2, 0) is 9.53 Å². The van der Waals surface area contributed by atoms with E-state index in [9.17, 15) is 4.79 Å². The summed E-state index contributed by atoms with van der Waals surface area (Å²) in [7, 11) is 0. The molecule has 1 heterocycles. The molecule has 1 amide bonds. The van der Waals surface area contributed by atoms with E-state index >= 15 is 0 Å². The fraction of sp³-hybridized carbons (Fsp3) is 0.462. The quantitative estimate of drug-likeness (QED) is 0.878. The lowest BCUT2D eigenvalue weighted by atomic mass is 10.2. The Morgan fingerprint density at radius 3 is 2.74 bits per heavy atom. The molecule has 2 rings (SSSR count). The van der Waals surface area contributed by atoms with Crippen LogP contribution in [0.2, 0.25) is 5.02 Å². The topological polar surface area (TPSA) is 50.4 Å². The molecule has 0 saturated carbocycles. The first-order chi connectivity index (χ1) is 8.74. The van der Waals surface area contributed by atoms with Gasteiger partial charge in [0.05, 0.1) is 12.6 Å².